The standard InChI is InChI=1S/C20H25N5S/c1-3-11-25(12-4-2)15-16-8-9-18(22-14-16)24-19-7-5-6-17(23-19)20-21-10-13-26-20/h5-10,13-14H,3-4,11-12,15H2,1-2H3,(H,22,23,24). The van der Waals surface area contributed by atoms with E-state index in [0.717, 1.165) is 42.0 Å². The van der Waals surface area contributed by atoms with Gasteiger partial charge >= 0.3 is 0 Å². The van der Waals surface area contributed by atoms with Crippen LogP contribution in [0.25, 0.3) is 10.7 Å². The van der Waals surface area contributed by atoms with E-state index in [1.54, 1.807) is 17.5 Å². The first-order chi connectivity index (χ1) is 12.8. The molecule has 0 radical (unpaired) electrons. The Kier molecular flexibility index (Phi) is 6.68. The van der Waals surface area contributed by atoms with Gasteiger partial charge in [-0.05, 0) is 49.7 Å². The molecule has 3 aromatic heterocycles. The molecule has 0 saturated carbocycles. The molecule has 3 rings (SSSR count). The lowest BCUT2D eigenvalue weighted by atomic mass is 10.2. The number of rotatable bonds is 9. The minimum atomic E-state index is 0.775. The van der Waals surface area contributed by atoms with Crippen LogP contribution in [0.1, 0.15) is 32.3 Å². The van der Waals surface area contributed by atoms with Gasteiger partial charge in [-0.1, -0.05) is 26.0 Å². The van der Waals surface area contributed by atoms with Crippen molar-refractivity contribution in [1.29, 1.82) is 0 Å². The number of nitrogens with zero attached hydrogens (tertiary/aromatic N) is 4. The summed E-state index contributed by atoms with van der Waals surface area (Å²) in [6.45, 7) is 7.65. The Bertz CT molecular complexity index is 780. The molecule has 1 N–H and O–H groups in total. The van der Waals surface area contributed by atoms with E-state index in [1.807, 2.05) is 35.8 Å². The molecular formula is C20H25N5S. The van der Waals surface area contributed by atoms with E-state index in [0.29, 0.717) is 0 Å². The van der Waals surface area contributed by atoms with Crippen LogP contribution in [0.4, 0.5) is 11.6 Å². The van der Waals surface area contributed by atoms with Crippen molar-refractivity contribution in [2.75, 3.05) is 18.4 Å². The van der Waals surface area contributed by atoms with Crippen molar-refractivity contribution in [2.45, 2.75) is 33.2 Å². The highest BCUT2D eigenvalue weighted by Crippen LogP contribution is 2.22. The quantitative estimate of drug-likeness (QED) is 0.579. The van der Waals surface area contributed by atoms with Crippen molar-refractivity contribution in [3.05, 3.63) is 53.7 Å². The van der Waals surface area contributed by atoms with Gasteiger partial charge in [0.15, 0.2) is 0 Å². The Morgan fingerprint density at radius 2 is 1.85 bits per heavy atom. The van der Waals surface area contributed by atoms with E-state index < -0.39 is 0 Å². The predicted octanol–water partition coefficient (Wildman–Crippen LogP) is 4.97. The Balaban J connectivity index is 1.65. The Morgan fingerprint density at radius 3 is 2.50 bits per heavy atom. The molecule has 3 heterocycles. The van der Waals surface area contributed by atoms with Gasteiger partial charge in [-0.2, -0.15) is 0 Å². The monoisotopic (exact) mass is 367 g/mol. The molecule has 0 aromatic carbocycles. The molecule has 0 spiro atoms. The fraction of sp³-hybridized carbons (Fsp3) is 0.350. The van der Waals surface area contributed by atoms with Crippen LogP contribution in [0, 0.1) is 0 Å². The highest BCUT2D eigenvalue weighted by molar-refractivity contribution is 7.13. The van der Waals surface area contributed by atoms with E-state index in [4.69, 9.17) is 0 Å². The van der Waals surface area contributed by atoms with E-state index in [-0.39, 0.29) is 0 Å². The molecule has 0 bridgehead atoms. The molecule has 136 valence electrons. The van der Waals surface area contributed by atoms with Gasteiger partial charge in [-0.25, -0.2) is 15.0 Å². The highest BCUT2D eigenvalue weighted by atomic mass is 32.1. The van der Waals surface area contributed by atoms with Gasteiger partial charge in [0.1, 0.15) is 22.3 Å². The topological polar surface area (TPSA) is 53.9 Å². The highest BCUT2D eigenvalue weighted by Gasteiger charge is 2.06. The second-order valence-corrected chi connectivity index (χ2v) is 7.09. The Hall–Kier alpha value is -2.31. The molecule has 6 heteroatoms. The number of anilines is 2. The second-order valence-electron chi connectivity index (χ2n) is 6.20. The summed E-state index contributed by atoms with van der Waals surface area (Å²) in [5.74, 6) is 1.58. The first-order valence-corrected chi connectivity index (χ1v) is 9.97. The third-order valence-electron chi connectivity index (χ3n) is 3.97. The average molecular weight is 368 g/mol. The van der Waals surface area contributed by atoms with E-state index in [9.17, 15) is 0 Å². The molecule has 0 aliphatic carbocycles. The summed E-state index contributed by atoms with van der Waals surface area (Å²) in [7, 11) is 0. The maximum absolute atomic E-state index is 4.62. The van der Waals surface area contributed by atoms with E-state index in [1.165, 1.54) is 18.4 Å². The SMILES string of the molecule is CCCN(CCC)Cc1ccc(Nc2cccc(-c3nccs3)n2)nc1. The lowest BCUT2D eigenvalue weighted by molar-refractivity contribution is 0.266. The van der Waals surface area contributed by atoms with Crippen LogP contribution in [0.3, 0.4) is 0 Å². The summed E-state index contributed by atoms with van der Waals surface area (Å²) in [5, 5.41) is 6.15. The minimum Gasteiger partial charge on any atom is -0.325 e. The van der Waals surface area contributed by atoms with Crippen molar-refractivity contribution >= 4 is 23.0 Å². The maximum Gasteiger partial charge on any atom is 0.141 e. The summed E-state index contributed by atoms with van der Waals surface area (Å²) in [4.78, 5) is 16.0. The third kappa shape index (κ3) is 5.09. The van der Waals surface area contributed by atoms with Crippen LogP contribution in [0.2, 0.25) is 0 Å². The van der Waals surface area contributed by atoms with E-state index in [2.05, 4.69) is 45.1 Å². The zero-order valence-electron chi connectivity index (χ0n) is 15.4. The molecule has 0 atom stereocenters. The van der Waals surface area contributed by atoms with Gasteiger partial charge in [-0.3, -0.25) is 4.90 Å². The molecule has 26 heavy (non-hydrogen) atoms. The molecule has 0 amide bonds. The summed E-state index contributed by atoms with van der Waals surface area (Å²) in [6, 6.07) is 10.0. The molecular weight excluding hydrogens is 342 g/mol. The summed E-state index contributed by atoms with van der Waals surface area (Å²) < 4.78 is 0. The molecule has 0 aliphatic rings. The van der Waals surface area contributed by atoms with Gasteiger partial charge in [0, 0.05) is 24.3 Å². The molecule has 0 aliphatic heterocycles. The van der Waals surface area contributed by atoms with Crippen LogP contribution >= 0.6 is 11.3 Å². The largest absolute Gasteiger partial charge is 0.325 e. The fourth-order valence-corrected chi connectivity index (χ4v) is 3.46. The van der Waals surface area contributed by atoms with Crippen LogP contribution in [0.15, 0.2) is 48.1 Å². The molecule has 0 fully saturated rings. The smallest absolute Gasteiger partial charge is 0.141 e. The van der Waals surface area contributed by atoms with Gasteiger partial charge < -0.3 is 5.32 Å². The summed E-state index contributed by atoms with van der Waals surface area (Å²) >= 11 is 1.58. The molecule has 3 aromatic rings. The Labute approximate surface area is 159 Å². The van der Waals surface area contributed by atoms with Crippen molar-refractivity contribution in [3.8, 4) is 10.7 Å². The predicted molar refractivity (Wildman–Crippen MR) is 109 cm³/mol. The lowest BCUT2D eigenvalue weighted by Gasteiger charge is -2.20. The summed E-state index contributed by atoms with van der Waals surface area (Å²) in [6.07, 6.45) is 6.09. The first-order valence-electron chi connectivity index (χ1n) is 9.09. The van der Waals surface area contributed by atoms with Crippen LogP contribution in [-0.4, -0.2) is 32.9 Å². The number of nitrogens with one attached hydrogen (secondary N) is 1. The van der Waals surface area contributed by atoms with Crippen molar-refractivity contribution in [1.82, 2.24) is 19.9 Å². The number of hydrogen-bond acceptors (Lipinski definition) is 6. The van der Waals surface area contributed by atoms with Gasteiger partial charge in [0.05, 0.1) is 0 Å². The summed E-state index contributed by atoms with van der Waals surface area (Å²) in [5.41, 5.74) is 2.11. The first kappa shape index (κ1) is 18.5. The van der Waals surface area contributed by atoms with Gasteiger partial charge in [-0.15, -0.1) is 11.3 Å². The third-order valence-corrected chi connectivity index (χ3v) is 4.76. The average Bonchev–Trinajstić information content (AvgIpc) is 3.19. The number of pyridine rings is 2. The van der Waals surface area contributed by atoms with Crippen LogP contribution in [0.5, 0.6) is 0 Å². The molecule has 0 unspecified atom stereocenters. The lowest BCUT2D eigenvalue weighted by Crippen LogP contribution is -2.24. The van der Waals surface area contributed by atoms with Crippen molar-refractivity contribution in [2.24, 2.45) is 0 Å². The number of aromatic nitrogens is 3. The van der Waals surface area contributed by atoms with Crippen molar-refractivity contribution in [3.63, 3.8) is 0 Å². The zero-order valence-corrected chi connectivity index (χ0v) is 16.2. The van der Waals surface area contributed by atoms with Crippen LogP contribution in [-0.2, 0) is 6.54 Å². The molecule has 0 saturated heterocycles. The molecule has 5 nitrogen and oxygen atoms in total. The van der Waals surface area contributed by atoms with Crippen molar-refractivity contribution < 1.29 is 0 Å². The zero-order chi connectivity index (χ0) is 18.2. The number of thiazole rings is 1. The fourth-order valence-electron chi connectivity index (χ4n) is 2.86. The van der Waals surface area contributed by atoms with Gasteiger partial charge in [0.25, 0.3) is 0 Å². The minimum absolute atomic E-state index is 0.775. The second kappa shape index (κ2) is 9.40. The van der Waals surface area contributed by atoms with E-state index >= 15 is 0 Å². The van der Waals surface area contributed by atoms with Crippen LogP contribution < -0.4 is 5.32 Å². The number of hydrogen-bond donors (Lipinski definition) is 1. The van der Waals surface area contributed by atoms with Gasteiger partial charge in [0.2, 0.25) is 0 Å². The Morgan fingerprint density at radius 1 is 1.00 bits per heavy atom. The normalized spacial score (nSPS) is 11.0. The maximum atomic E-state index is 4.62.